The van der Waals surface area contributed by atoms with Crippen LogP contribution in [-0.4, -0.2) is 16.2 Å². The smallest absolute Gasteiger partial charge is 0.410 e. The van der Waals surface area contributed by atoms with E-state index in [0.717, 1.165) is 11.3 Å². The number of amides is 1. The van der Waals surface area contributed by atoms with Gasteiger partial charge in [-0.15, -0.1) is 0 Å². The largest absolute Gasteiger partial charge is 0.465 e. The lowest BCUT2D eigenvalue weighted by atomic mass is 10.2. The molecule has 1 heterocycles. The molecule has 4 N–H and O–H groups in total. The van der Waals surface area contributed by atoms with E-state index in [-0.39, 0.29) is 5.13 Å². The normalized spacial score (nSPS) is 10.2. The highest BCUT2D eigenvalue weighted by Gasteiger charge is 2.14. The molecule has 0 spiro atoms. The van der Waals surface area contributed by atoms with Gasteiger partial charge < -0.3 is 10.8 Å². The van der Waals surface area contributed by atoms with Crippen LogP contribution in [0.4, 0.5) is 14.9 Å². The number of halogens is 1. The Labute approximate surface area is 106 Å². The Morgan fingerprint density at radius 3 is 2.82 bits per heavy atom. The fourth-order valence-electron chi connectivity index (χ4n) is 1.32. The molecule has 0 saturated heterocycles. The molecular weight excluding hydrogens is 262 g/mol. The lowest BCUT2D eigenvalue weighted by Gasteiger charge is -2.00. The van der Waals surface area contributed by atoms with E-state index in [1.54, 1.807) is 18.2 Å². The highest BCUT2D eigenvalue weighted by Crippen LogP contribution is 2.36. The van der Waals surface area contributed by atoms with Crippen LogP contribution in [0.1, 0.15) is 0 Å². The maximum absolute atomic E-state index is 10.5. The van der Waals surface area contributed by atoms with E-state index in [0.29, 0.717) is 21.3 Å². The molecule has 2 rings (SSSR count). The van der Waals surface area contributed by atoms with E-state index in [9.17, 15) is 4.79 Å². The van der Waals surface area contributed by atoms with Gasteiger partial charge in [-0.3, -0.25) is 5.32 Å². The lowest BCUT2D eigenvalue weighted by molar-refractivity contribution is 0.209. The minimum Gasteiger partial charge on any atom is -0.465 e. The zero-order valence-electron chi connectivity index (χ0n) is 8.48. The average Bonchev–Trinajstić information content (AvgIpc) is 2.59. The first kappa shape index (κ1) is 11.7. The Hall–Kier alpha value is -1.79. The lowest BCUT2D eigenvalue weighted by Crippen LogP contribution is -2.06. The van der Waals surface area contributed by atoms with Crippen molar-refractivity contribution in [3.63, 3.8) is 0 Å². The first-order chi connectivity index (χ1) is 8.08. The number of nitrogens with zero attached hydrogens (tertiary/aromatic N) is 1. The fourth-order valence-corrected chi connectivity index (χ4v) is 2.28. The summed E-state index contributed by atoms with van der Waals surface area (Å²) in [4.78, 5) is 14.6. The van der Waals surface area contributed by atoms with Crippen LogP contribution in [-0.2, 0) is 0 Å². The number of nitrogens with one attached hydrogen (secondary N) is 1. The van der Waals surface area contributed by atoms with Crippen molar-refractivity contribution in [2.75, 3.05) is 11.1 Å². The number of carboxylic acid groups (broad SMARTS) is 1. The topological polar surface area (TPSA) is 88.2 Å². The number of carbonyl (C=O) groups is 1. The van der Waals surface area contributed by atoms with Crippen LogP contribution in [0.2, 0.25) is 5.02 Å². The van der Waals surface area contributed by atoms with E-state index in [1.165, 1.54) is 0 Å². The van der Waals surface area contributed by atoms with Gasteiger partial charge in [0.25, 0.3) is 0 Å². The summed E-state index contributed by atoms with van der Waals surface area (Å²) >= 11 is 7.08. The van der Waals surface area contributed by atoms with Crippen molar-refractivity contribution in [1.82, 2.24) is 4.98 Å². The van der Waals surface area contributed by atoms with Crippen LogP contribution < -0.4 is 11.1 Å². The van der Waals surface area contributed by atoms with Gasteiger partial charge in [-0.05, 0) is 6.07 Å². The second kappa shape index (κ2) is 4.60. The van der Waals surface area contributed by atoms with Gasteiger partial charge >= 0.3 is 6.09 Å². The molecule has 17 heavy (non-hydrogen) atoms. The molecule has 0 saturated carbocycles. The maximum Gasteiger partial charge on any atom is 0.410 e. The summed E-state index contributed by atoms with van der Waals surface area (Å²) in [6, 6.07) is 7.10. The third kappa shape index (κ3) is 2.48. The van der Waals surface area contributed by atoms with Gasteiger partial charge in [0.2, 0.25) is 0 Å². The molecule has 0 aliphatic carbocycles. The average molecular weight is 270 g/mol. The van der Waals surface area contributed by atoms with E-state index in [4.69, 9.17) is 22.4 Å². The van der Waals surface area contributed by atoms with Crippen LogP contribution in [0.25, 0.3) is 11.3 Å². The number of benzene rings is 1. The number of nitrogen functional groups attached to an aromatic ring is 1. The van der Waals surface area contributed by atoms with Crippen molar-refractivity contribution in [1.29, 1.82) is 0 Å². The van der Waals surface area contributed by atoms with E-state index >= 15 is 0 Å². The molecule has 1 amide bonds. The van der Waals surface area contributed by atoms with E-state index in [2.05, 4.69) is 10.3 Å². The highest BCUT2D eigenvalue weighted by atomic mass is 35.5. The molecule has 7 heteroatoms. The number of aromatic nitrogens is 1. The van der Waals surface area contributed by atoms with Crippen LogP contribution in [0, 0.1) is 0 Å². The molecule has 0 aliphatic rings. The van der Waals surface area contributed by atoms with Gasteiger partial charge in [-0.25, -0.2) is 9.78 Å². The third-order valence-electron chi connectivity index (χ3n) is 2.00. The molecule has 1 aromatic carbocycles. The summed E-state index contributed by atoms with van der Waals surface area (Å²) < 4.78 is 0. The van der Waals surface area contributed by atoms with Crippen molar-refractivity contribution < 1.29 is 9.90 Å². The van der Waals surface area contributed by atoms with E-state index in [1.807, 2.05) is 6.07 Å². The predicted molar refractivity (Wildman–Crippen MR) is 68.6 cm³/mol. The number of thiazole rings is 1. The number of rotatable bonds is 2. The standard InChI is InChI=1S/C10H8ClN3O2S/c11-6-4-2-1-3-5(6)7-8(12)17-9(13-7)14-10(15)16/h1-4H,12H2,(H,13,14)(H,15,16). The quantitative estimate of drug-likeness (QED) is 0.781. The Morgan fingerprint density at radius 2 is 2.18 bits per heavy atom. The molecule has 1 aromatic heterocycles. The molecule has 0 atom stereocenters. The van der Waals surface area contributed by atoms with Gasteiger partial charge in [0.1, 0.15) is 10.7 Å². The predicted octanol–water partition coefficient (Wildman–Crippen LogP) is 3.14. The molecule has 88 valence electrons. The molecule has 0 fully saturated rings. The molecule has 0 radical (unpaired) electrons. The van der Waals surface area contributed by atoms with Crippen LogP contribution in [0.3, 0.4) is 0 Å². The second-order valence-corrected chi connectivity index (χ2v) is 4.58. The Kier molecular flexibility index (Phi) is 3.16. The van der Waals surface area contributed by atoms with Crippen molar-refractivity contribution in [3.8, 4) is 11.3 Å². The molecule has 0 bridgehead atoms. The minimum atomic E-state index is -1.18. The SMILES string of the molecule is Nc1sc(NC(=O)O)nc1-c1ccccc1Cl. The number of hydrogen-bond donors (Lipinski definition) is 3. The molecule has 0 aliphatic heterocycles. The minimum absolute atomic E-state index is 0.227. The Bertz CT molecular complexity index is 570. The van der Waals surface area contributed by atoms with Crippen molar-refractivity contribution in [3.05, 3.63) is 29.3 Å². The van der Waals surface area contributed by atoms with Crippen molar-refractivity contribution in [2.45, 2.75) is 0 Å². The van der Waals surface area contributed by atoms with Crippen molar-refractivity contribution in [2.24, 2.45) is 0 Å². The van der Waals surface area contributed by atoms with Gasteiger partial charge in [0.05, 0.1) is 5.02 Å². The number of hydrogen-bond acceptors (Lipinski definition) is 4. The van der Waals surface area contributed by atoms with Crippen LogP contribution in [0.5, 0.6) is 0 Å². The van der Waals surface area contributed by atoms with Gasteiger partial charge in [-0.2, -0.15) is 0 Å². The van der Waals surface area contributed by atoms with Gasteiger partial charge in [-0.1, -0.05) is 41.1 Å². The molecular formula is C10H8ClN3O2S. The third-order valence-corrected chi connectivity index (χ3v) is 3.13. The Morgan fingerprint density at radius 1 is 1.47 bits per heavy atom. The van der Waals surface area contributed by atoms with Gasteiger partial charge in [0.15, 0.2) is 5.13 Å². The van der Waals surface area contributed by atoms with Crippen molar-refractivity contribution >= 4 is 39.2 Å². The summed E-state index contributed by atoms with van der Waals surface area (Å²) in [6.45, 7) is 0. The summed E-state index contributed by atoms with van der Waals surface area (Å²) in [6.07, 6.45) is -1.18. The zero-order chi connectivity index (χ0) is 12.4. The zero-order valence-corrected chi connectivity index (χ0v) is 10.0. The monoisotopic (exact) mass is 269 g/mol. The second-order valence-electron chi connectivity index (χ2n) is 3.14. The first-order valence-electron chi connectivity index (χ1n) is 4.59. The molecule has 0 unspecified atom stereocenters. The van der Waals surface area contributed by atoms with E-state index < -0.39 is 6.09 Å². The fraction of sp³-hybridized carbons (Fsp3) is 0. The highest BCUT2D eigenvalue weighted by molar-refractivity contribution is 7.20. The van der Waals surface area contributed by atoms with Gasteiger partial charge in [0, 0.05) is 5.56 Å². The molecule has 5 nitrogen and oxygen atoms in total. The number of anilines is 2. The number of nitrogens with two attached hydrogens (primary N) is 1. The molecule has 2 aromatic rings. The summed E-state index contributed by atoms with van der Waals surface area (Å²) in [5, 5.41) is 11.9. The first-order valence-corrected chi connectivity index (χ1v) is 5.78. The summed E-state index contributed by atoms with van der Waals surface area (Å²) in [5.41, 5.74) is 6.95. The maximum atomic E-state index is 10.5. The summed E-state index contributed by atoms with van der Waals surface area (Å²) in [7, 11) is 0. The van der Waals surface area contributed by atoms with Crippen LogP contribution in [0.15, 0.2) is 24.3 Å². The van der Waals surface area contributed by atoms with Crippen LogP contribution >= 0.6 is 22.9 Å². The Balaban J connectivity index is 2.43. The summed E-state index contributed by atoms with van der Waals surface area (Å²) in [5.74, 6) is 0.